The van der Waals surface area contributed by atoms with Gasteiger partial charge in [-0.1, -0.05) is 103 Å². The summed E-state index contributed by atoms with van der Waals surface area (Å²) in [6.07, 6.45) is 19.9. The third-order valence-electron chi connectivity index (χ3n) is 4.70. The van der Waals surface area contributed by atoms with E-state index in [-0.39, 0.29) is 57.1 Å². The van der Waals surface area contributed by atoms with E-state index in [0.29, 0.717) is 6.42 Å². The minimum absolute atomic E-state index is 0. The molecule has 0 aromatic rings. The monoisotopic (exact) mass is 429 g/mol. The number of nitrogens with one attached hydrogen (secondary N) is 1. The Hall–Kier alpha value is 1.02. The summed E-state index contributed by atoms with van der Waals surface area (Å²) in [6.45, 7) is 1.62. The van der Waals surface area contributed by atoms with E-state index in [1.54, 1.807) is 0 Å². The number of hydrogen-bond acceptors (Lipinski definition) is 4. The molecule has 5 nitrogen and oxygen atoms in total. The van der Waals surface area contributed by atoms with E-state index in [0.717, 1.165) is 19.3 Å². The third kappa shape index (κ3) is 25.0. The van der Waals surface area contributed by atoms with Crippen molar-refractivity contribution in [3.8, 4) is 0 Å². The van der Waals surface area contributed by atoms with Crippen molar-refractivity contribution in [2.24, 2.45) is 0 Å². The number of sulfonamides is 1. The molecule has 0 rings (SSSR count). The number of carboxylic acids is 1. The van der Waals surface area contributed by atoms with Gasteiger partial charge >= 0.3 is 51.4 Å². The molecule has 0 amide bonds. The van der Waals surface area contributed by atoms with E-state index >= 15 is 0 Å². The zero-order chi connectivity index (χ0) is 19.5. The van der Waals surface area contributed by atoms with Gasteiger partial charge in [0.25, 0.3) is 0 Å². The second kappa shape index (κ2) is 21.7. The first-order valence-electron chi connectivity index (χ1n) is 10.6. The summed E-state index contributed by atoms with van der Waals surface area (Å²) >= 11 is 0. The van der Waals surface area contributed by atoms with Crippen molar-refractivity contribution in [2.75, 3.05) is 12.3 Å². The van der Waals surface area contributed by atoms with Crippen molar-refractivity contribution < 1.29 is 69.7 Å². The van der Waals surface area contributed by atoms with Gasteiger partial charge in [0.1, 0.15) is 0 Å². The zero-order valence-corrected chi connectivity index (χ0v) is 21.7. The molecule has 0 heterocycles. The van der Waals surface area contributed by atoms with Crippen LogP contribution in [0.15, 0.2) is 0 Å². The molecule has 0 aliphatic rings. The number of rotatable bonds is 20. The fourth-order valence-corrected chi connectivity index (χ4v) is 4.15. The first kappa shape index (κ1) is 30.2. The molecule has 0 aromatic heterocycles. The second-order valence-corrected chi connectivity index (χ2v) is 9.24. The molecule has 0 atom stereocenters. The maximum Gasteiger partial charge on any atom is 1.00 e. The van der Waals surface area contributed by atoms with Crippen molar-refractivity contribution >= 4 is 16.0 Å². The van der Waals surface area contributed by atoms with E-state index in [2.05, 4.69) is 6.92 Å². The first-order chi connectivity index (χ1) is 12.5. The Kier molecular flexibility index (Phi) is 24.3. The molecule has 0 radical (unpaired) electrons. The molecule has 7 heteroatoms. The molecule has 0 bridgehead atoms. The number of carbonyl (C=O) groups excluding carboxylic acids is 1. The minimum atomic E-state index is -3.47. The summed E-state index contributed by atoms with van der Waals surface area (Å²) in [4.78, 5) is 10.2. The molecular weight excluding hydrogens is 389 g/mol. The van der Waals surface area contributed by atoms with Crippen LogP contribution in [0, 0.1) is 0 Å². The second-order valence-electron chi connectivity index (χ2n) is 7.32. The summed E-state index contributed by atoms with van der Waals surface area (Å²) in [6, 6.07) is 0. The molecule has 0 aromatic carbocycles. The van der Waals surface area contributed by atoms with Crippen molar-refractivity contribution in [3.05, 3.63) is 0 Å². The van der Waals surface area contributed by atoms with Crippen LogP contribution in [0.2, 0.25) is 0 Å². The fraction of sp³-hybridized carbons (Fsp3) is 0.950. The van der Waals surface area contributed by atoms with E-state index in [9.17, 15) is 18.3 Å². The van der Waals surface area contributed by atoms with Gasteiger partial charge in [-0.05, 0) is 6.42 Å². The molecule has 0 aliphatic carbocycles. The molecule has 0 aliphatic heterocycles. The first-order valence-corrected chi connectivity index (χ1v) is 12.3. The molecule has 156 valence electrons. The number of unbranched alkanes of at least 4 members (excludes halogenated alkanes) is 15. The minimum Gasteiger partial charge on any atom is -0.549 e. The summed E-state index contributed by atoms with van der Waals surface area (Å²) in [5.74, 6) is -1.40. The van der Waals surface area contributed by atoms with Crippen LogP contribution < -0.4 is 61.2 Å². The summed E-state index contributed by atoms with van der Waals surface area (Å²) in [7, 11) is -3.47. The molecule has 0 saturated heterocycles. The van der Waals surface area contributed by atoms with Crippen molar-refractivity contribution in [2.45, 2.75) is 110 Å². The van der Waals surface area contributed by atoms with Crippen LogP contribution in [0.25, 0.3) is 0 Å². The quantitative estimate of drug-likeness (QED) is 0.230. The Bertz CT molecular complexity index is 430. The summed E-state index contributed by atoms with van der Waals surface area (Å²) < 4.78 is 25.0. The van der Waals surface area contributed by atoms with E-state index < -0.39 is 22.5 Å². The van der Waals surface area contributed by atoms with E-state index in [4.69, 9.17) is 0 Å². The van der Waals surface area contributed by atoms with Crippen LogP contribution in [0.1, 0.15) is 110 Å². The maximum atomic E-state index is 11.5. The Morgan fingerprint density at radius 3 is 1.37 bits per heavy atom. The smallest absolute Gasteiger partial charge is 0.549 e. The van der Waals surface area contributed by atoms with Crippen molar-refractivity contribution in [1.82, 2.24) is 4.72 Å². The SMILES string of the molecule is CCCCCCCCCCCCCCCCCCS(=O)(=O)NCC(=O)[O-].[K+]. The molecule has 0 saturated carbocycles. The molecule has 1 N–H and O–H groups in total. The normalized spacial score (nSPS) is 11.3. The predicted octanol–water partition coefficient (Wildman–Crippen LogP) is 0.921. The van der Waals surface area contributed by atoms with Gasteiger partial charge in [-0.25, -0.2) is 13.1 Å². The zero-order valence-electron chi connectivity index (χ0n) is 17.8. The number of hydrogen-bond donors (Lipinski definition) is 1. The molecular formula is C20H40KNO4S. The average Bonchev–Trinajstić information content (AvgIpc) is 2.60. The Morgan fingerprint density at radius 2 is 1.04 bits per heavy atom. The Morgan fingerprint density at radius 1 is 0.704 bits per heavy atom. The van der Waals surface area contributed by atoms with Gasteiger partial charge in [-0.3, -0.25) is 0 Å². The fourth-order valence-electron chi connectivity index (χ4n) is 3.08. The summed E-state index contributed by atoms with van der Waals surface area (Å²) in [5.41, 5.74) is 0. The van der Waals surface area contributed by atoms with Crippen LogP contribution in [0.4, 0.5) is 0 Å². The van der Waals surface area contributed by atoms with Crippen LogP contribution in [-0.2, 0) is 14.8 Å². The van der Waals surface area contributed by atoms with Gasteiger partial charge in [-0.2, -0.15) is 0 Å². The van der Waals surface area contributed by atoms with Crippen LogP contribution in [0.5, 0.6) is 0 Å². The van der Waals surface area contributed by atoms with Crippen molar-refractivity contribution in [3.63, 3.8) is 0 Å². The van der Waals surface area contributed by atoms with Gasteiger partial charge < -0.3 is 9.90 Å². The van der Waals surface area contributed by atoms with Gasteiger partial charge in [0.15, 0.2) is 0 Å². The number of carboxylic acid groups (broad SMARTS) is 1. The molecule has 0 spiro atoms. The summed E-state index contributed by atoms with van der Waals surface area (Å²) in [5, 5.41) is 10.2. The Labute approximate surface area is 210 Å². The van der Waals surface area contributed by atoms with Crippen LogP contribution in [-0.4, -0.2) is 26.7 Å². The third-order valence-corrected chi connectivity index (χ3v) is 6.11. The van der Waals surface area contributed by atoms with Gasteiger partial charge in [0.2, 0.25) is 10.0 Å². The number of carbonyl (C=O) groups is 1. The average molecular weight is 430 g/mol. The van der Waals surface area contributed by atoms with Gasteiger partial charge in [0, 0.05) is 0 Å². The number of aliphatic carboxylic acids is 1. The largest absolute Gasteiger partial charge is 1.00 e. The standard InChI is InChI=1S/C20H41NO4S.K/c1-2-3-4-5-6-7-8-9-10-11-12-13-14-15-16-17-18-26(24,25)21-19-20(22)23;/h21H,2-19H2,1H3,(H,22,23);/q;+1/p-1. The van der Waals surface area contributed by atoms with Crippen LogP contribution >= 0.6 is 0 Å². The van der Waals surface area contributed by atoms with E-state index in [1.165, 1.54) is 77.0 Å². The van der Waals surface area contributed by atoms with Gasteiger partial charge in [-0.15, -0.1) is 0 Å². The topological polar surface area (TPSA) is 86.3 Å². The molecule has 0 unspecified atom stereocenters. The van der Waals surface area contributed by atoms with Crippen molar-refractivity contribution in [1.29, 1.82) is 0 Å². The maximum absolute atomic E-state index is 11.5. The predicted molar refractivity (Wildman–Crippen MR) is 106 cm³/mol. The van der Waals surface area contributed by atoms with E-state index in [1.807, 2.05) is 4.72 Å². The molecule has 27 heavy (non-hydrogen) atoms. The molecule has 0 fully saturated rings. The van der Waals surface area contributed by atoms with Crippen LogP contribution in [0.3, 0.4) is 0 Å². The Balaban J connectivity index is 0. The van der Waals surface area contributed by atoms with Gasteiger partial charge in [0.05, 0.1) is 18.3 Å².